The van der Waals surface area contributed by atoms with Crippen molar-refractivity contribution in [2.45, 2.75) is 45.6 Å². The van der Waals surface area contributed by atoms with Crippen LogP contribution in [-0.2, 0) is 4.74 Å². The number of rotatable bonds is 3. The van der Waals surface area contributed by atoms with E-state index in [2.05, 4.69) is 26.0 Å². The van der Waals surface area contributed by atoms with Gasteiger partial charge < -0.3 is 15.2 Å². The fraction of sp³-hybridized carbons (Fsp3) is 0.600. The second-order valence-electron chi connectivity index (χ2n) is 5.33. The molecule has 0 atom stereocenters. The van der Waals surface area contributed by atoms with E-state index in [-0.39, 0.29) is 6.10 Å². The van der Waals surface area contributed by atoms with Crippen LogP contribution in [0.4, 0.5) is 5.69 Å². The summed E-state index contributed by atoms with van der Waals surface area (Å²) in [4.78, 5) is 0. The Labute approximate surface area is 109 Å². The van der Waals surface area contributed by atoms with E-state index >= 15 is 0 Å². The third-order valence-corrected chi connectivity index (χ3v) is 3.48. The minimum Gasteiger partial charge on any atom is -0.490 e. The van der Waals surface area contributed by atoms with Gasteiger partial charge in [0.25, 0.3) is 0 Å². The summed E-state index contributed by atoms with van der Waals surface area (Å²) < 4.78 is 11.5. The molecule has 1 aliphatic heterocycles. The third kappa shape index (κ3) is 2.96. The molecule has 0 aromatic heterocycles. The molecule has 100 valence electrons. The number of nitrogens with two attached hydrogens (primary N) is 1. The summed E-state index contributed by atoms with van der Waals surface area (Å²) in [7, 11) is 0. The monoisotopic (exact) mass is 249 g/mol. The molecule has 2 N–H and O–H groups in total. The molecule has 0 aliphatic carbocycles. The summed E-state index contributed by atoms with van der Waals surface area (Å²) in [6.45, 7) is 7.96. The Bertz CT molecular complexity index is 409. The molecule has 1 heterocycles. The number of anilines is 1. The van der Waals surface area contributed by atoms with E-state index in [0.29, 0.717) is 5.92 Å². The van der Waals surface area contributed by atoms with Gasteiger partial charge in [-0.25, -0.2) is 0 Å². The van der Waals surface area contributed by atoms with Gasteiger partial charge in [0.15, 0.2) is 0 Å². The minimum absolute atomic E-state index is 0.277. The van der Waals surface area contributed by atoms with Crippen LogP contribution in [0.3, 0.4) is 0 Å². The van der Waals surface area contributed by atoms with Crippen LogP contribution in [0.5, 0.6) is 5.75 Å². The maximum absolute atomic E-state index is 6.15. The summed E-state index contributed by atoms with van der Waals surface area (Å²) in [5, 5.41) is 0. The van der Waals surface area contributed by atoms with E-state index in [1.54, 1.807) is 0 Å². The maximum Gasteiger partial charge on any atom is 0.123 e. The number of nitrogen functional groups attached to an aromatic ring is 1. The lowest BCUT2D eigenvalue weighted by molar-refractivity contribution is 0.0251. The van der Waals surface area contributed by atoms with Crippen molar-refractivity contribution >= 4 is 5.69 Å². The van der Waals surface area contributed by atoms with Crippen molar-refractivity contribution < 1.29 is 9.47 Å². The third-order valence-electron chi connectivity index (χ3n) is 3.48. The quantitative estimate of drug-likeness (QED) is 0.836. The predicted octanol–water partition coefficient (Wildman–Crippen LogP) is 3.26. The van der Waals surface area contributed by atoms with Crippen LogP contribution >= 0.6 is 0 Å². The highest BCUT2D eigenvalue weighted by Crippen LogP contribution is 2.32. The number of benzene rings is 1. The van der Waals surface area contributed by atoms with E-state index in [1.165, 1.54) is 5.56 Å². The van der Waals surface area contributed by atoms with Crippen LogP contribution < -0.4 is 10.5 Å². The van der Waals surface area contributed by atoms with Crippen LogP contribution in [0.25, 0.3) is 0 Å². The standard InChI is InChI=1S/C15H23NO2/c1-10(2)13-9-14(16)11(3)8-15(13)18-12-4-6-17-7-5-12/h8-10,12H,4-7,16H2,1-3H3. The van der Waals surface area contributed by atoms with Crippen molar-refractivity contribution in [3.8, 4) is 5.75 Å². The van der Waals surface area contributed by atoms with Crippen LogP contribution in [0, 0.1) is 6.92 Å². The normalized spacial score (nSPS) is 17.1. The fourth-order valence-corrected chi connectivity index (χ4v) is 2.24. The zero-order valence-corrected chi connectivity index (χ0v) is 11.5. The number of hydrogen-bond acceptors (Lipinski definition) is 3. The van der Waals surface area contributed by atoms with Crippen LogP contribution in [0.1, 0.15) is 43.7 Å². The van der Waals surface area contributed by atoms with Crippen LogP contribution in [0.2, 0.25) is 0 Å². The smallest absolute Gasteiger partial charge is 0.123 e. The zero-order valence-electron chi connectivity index (χ0n) is 11.5. The molecule has 3 heteroatoms. The molecule has 0 bridgehead atoms. The first-order chi connectivity index (χ1) is 8.58. The Balaban J connectivity index is 2.21. The summed E-state index contributed by atoms with van der Waals surface area (Å²) >= 11 is 0. The molecular weight excluding hydrogens is 226 g/mol. The van der Waals surface area contributed by atoms with Gasteiger partial charge in [-0.1, -0.05) is 13.8 Å². The van der Waals surface area contributed by atoms with Gasteiger partial charge in [-0.05, 0) is 36.1 Å². The predicted molar refractivity (Wildman–Crippen MR) is 74.1 cm³/mol. The van der Waals surface area contributed by atoms with Gasteiger partial charge in [0, 0.05) is 18.5 Å². The molecule has 0 spiro atoms. The van der Waals surface area contributed by atoms with E-state index < -0.39 is 0 Å². The SMILES string of the molecule is Cc1cc(OC2CCOCC2)c(C(C)C)cc1N. The van der Waals surface area contributed by atoms with E-state index in [9.17, 15) is 0 Å². The molecule has 1 aromatic carbocycles. The summed E-state index contributed by atoms with van der Waals surface area (Å²) in [6, 6.07) is 4.12. The Kier molecular flexibility index (Phi) is 4.12. The molecule has 18 heavy (non-hydrogen) atoms. The minimum atomic E-state index is 0.277. The molecular formula is C15H23NO2. The van der Waals surface area contributed by atoms with Gasteiger partial charge >= 0.3 is 0 Å². The van der Waals surface area contributed by atoms with Gasteiger partial charge in [0.05, 0.1) is 13.2 Å². The average molecular weight is 249 g/mol. The Morgan fingerprint density at radius 1 is 1.28 bits per heavy atom. The average Bonchev–Trinajstić information content (AvgIpc) is 2.34. The molecule has 1 aromatic rings. The summed E-state index contributed by atoms with van der Waals surface area (Å²) in [6.07, 6.45) is 2.22. The van der Waals surface area contributed by atoms with Gasteiger partial charge in [0.1, 0.15) is 11.9 Å². The lowest BCUT2D eigenvalue weighted by Gasteiger charge is -2.26. The molecule has 0 saturated carbocycles. The van der Waals surface area contributed by atoms with Crippen molar-refractivity contribution in [3.63, 3.8) is 0 Å². The topological polar surface area (TPSA) is 44.5 Å². The molecule has 0 amide bonds. The van der Waals surface area contributed by atoms with Gasteiger partial charge in [-0.3, -0.25) is 0 Å². The number of hydrogen-bond donors (Lipinski definition) is 1. The van der Waals surface area contributed by atoms with Crippen molar-refractivity contribution in [2.75, 3.05) is 18.9 Å². The second-order valence-corrected chi connectivity index (χ2v) is 5.33. The highest BCUT2D eigenvalue weighted by molar-refractivity contribution is 5.55. The van der Waals surface area contributed by atoms with E-state index in [4.69, 9.17) is 15.2 Å². The molecule has 1 aliphatic rings. The Morgan fingerprint density at radius 2 is 1.94 bits per heavy atom. The number of aryl methyl sites for hydroxylation is 1. The van der Waals surface area contributed by atoms with Gasteiger partial charge in [0.2, 0.25) is 0 Å². The Hall–Kier alpha value is -1.22. The molecule has 0 radical (unpaired) electrons. The highest BCUT2D eigenvalue weighted by Gasteiger charge is 2.18. The first-order valence-corrected chi connectivity index (χ1v) is 6.72. The van der Waals surface area contributed by atoms with Crippen molar-refractivity contribution in [2.24, 2.45) is 0 Å². The van der Waals surface area contributed by atoms with Gasteiger partial charge in [-0.15, -0.1) is 0 Å². The second kappa shape index (κ2) is 5.61. The van der Waals surface area contributed by atoms with Crippen LogP contribution in [0.15, 0.2) is 12.1 Å². The number of ether oxygens (including phenoxy) is 2. The zero-order chi connectivity index (χ0) is 13.1. The Morgan fingerprint density at radius 3 is 2.56 bits per heavy atom. The van der Waals surface area contributed by atoms with Crippen LogP contribution in [-0.4, -0.2) is 19.3 Å². The van der Waals surface area contributed by atoms with Crippen molar-refractivity contribution in [3.05, 3.63) is 23.3 Å². The fourth-order valence-electron chi connectivity index (χ4n) is 2.24. The molecule has 1 fully saturated rings. The largest absolute Gasteiger partial charge is 0.490 e. The highest BCUT2D eigenvalue weighted by atomic mass is 16.5. The van der Waals surface area contributed by atoms with E-state index in [1.807, 2.05) is 6.92 Å². The first-order valence-electron chi connectivity index (χ1n) is 6.72. The summed E-state index contributed by atoms with van der Waals surface area (Å²) in [5.74, 6) is 1.41. The summed E-state index contributed by atoms with van der Waals surface area (Å²) in [5.41, 5.74) is 9.11. The lowest BCUT2D eigenvalue weighted by Crippen LogP contribution is -2.26. The molecule has 3 nitrogen and oxygen atoms in total. The van der Waals surface area contributed by atoms with Crippen molar-refractivity contribution in [1.82, 2.24) is 0 Å². The first kappa shape index (κ1) is 13.2. The van der Waals surface area contributed by atoms with Crippen molar-refractivity contribution in [1.29, 1.82) is 0 Å². The molecule has 2 rings (SSSR count). The lowest BCUT2D eigenvalue weighted by atomic mass is 9.99. The van der Waals surface area contributed by atoms with Gasteiger partial charge in [-0.2, -0.15) is 0 Å². The molecule has 1 saturated heterocycles. The molecule has 0 unspecified atom stereocenters. The maximum atomic E-state index is 6.15. The van der Waals surface area contributed by atoms with E-state index in [0.717, 1.165) is 43.1 Å².